The van der Waals surface area contributed by atoms with Gasteiger partial charge in [0.1, 0.15) is 9.21 Å². The van der Waals surface area contributed by atoms with E-state index in [0.717, 1.165) is 14.1 Å². The molecule has 0 aliphatic carbocycles. The summed E-state index contributed by atoms with van der Waals surface area (Å²) in [5.41, 5.74) is 0. The zero-order valence-corrected chi connectivity index (χ0v) is 11.4. The molecule has 2 aromatic rings. The molecule has 0 aliphatic heterocycles. The SMILES string of the molecule is Clc1csc(-c2nc(Br)cc(Br)n2)c1. The first-order valence-corrected chi connectivity index (χ1v) is 6.44. The van der Waals surface area contributed by atoms with Gasteiger partial charge in [0.25, 0.3) is 0 Å². The topological polar surface area (TPSA) is 25.8 Å². The second-order valence-electron chi connectivity index (χ2n) is 2.47. The van der Waals surface area contributed by atoms with Crippen LogP contribution in [-0.4, -0.2) is 9.97 Å². The van der Waals surface area contributed by atoms with E-state index in [2.05, 4.69) is 41.8 Å². The van der Waals surface area contributed by atoms with Crippen molar-refractivity contribution in [2.24, 2.45) is 0 Å². The highest BCUT2D eigenvalue weighted by molar-refractivity contribution is 9.11. The van der Waals surface area contributed by atoms with Gasteiger partial charge in [0.2, 0.25) is 0 Å². The molecule has 6 heteroatoms. The van der Waals surface area contributed by atoms with Gasteiger partial charge in [-0.3, -0.25) is 0 Å². The van der Waals surface area contributed by atoms with E-state index < -0.39 is 0 Å². The molecule has 0 unspecified atom stereocenters. The van der Waals surface area contributed by atoms with E-state index >= 15 is 0 Å². The highest BCUT2D eigenvalue weighted by Crippen LogP contribution is 2.28. The van der Waals surface area contributed by atoms with Crippen LogP contribution in [0, 0.1) is 0 Å². The molecule has 2 heterocycles. The van der Waals surface area contributed by atoms with Gasteiger partial charge < -0.3 is 0 Å². The number of rotatable bonds is 1. The van der Waals surface area contributed by atoms with Crippen LogP contribution in [0.25, 0.3) is 10.7 Å². The minimum Gasteiger partial charge on any atom is -0.220 e. The molecular formula is C8H3Br2ClN2S. The molecule has 2 aromatic heterocycles. The molecule has 2 rings (SSSR count). The molecule has 0 aliphatic rings. The van der Waals surface area contributed by atoms with Gasteiger partial charge in [-0.05, 0) is 37.9 Å². The van der Waals surface area contributed by atoms with Crippen LogP contribution in [0.4, 0.5) is 0 Å². The second-order valence-corrected chi connectivity index (χ2v) is 5.44. The zero-order valence-electron chi connectivity index (χ0n) is 6.67. The van der Waals surface area contributed by atoms with Crippen LogP contribution in [0.1, 0.15) is 0 Å². The summed E-state index contributed by atoms with van der Waals surface area (Å²) in [5.74, 6) is 0.670. The average molecular weight is 354 g/mol. The van der Waals surface area contributed by atoms with Gasteiger partial charge in [-0.2, -0.15) is 0 Å². The van der Waals surface area contributed by atoms with Crippen molar-refractivity contribution in [2.45, 2.75) is 0 Å². The Morgan fingerprint density at radius 3 is 2.29 bits per heavy atom. The van der Waals surface area contributed by atoms with Crippen molar-refractivity contribution < 1.29 is 0 Å². The number of nitrogens with zero attached hydrogens (tertiary/aromatic N) is 2. The van der Waals surface area contributed by atoms with Gasteiger partial charge in [-0.15, -0.1) is 11.3 Å². The summed E-state index contributed by atoms with van der Waals surface area (Å²) in [5, 5.41) is 2.57. The van der Waals surface area contributed by atoms with E-state index in [1.807, 2.05) is 11.4 Å². The van der Waals surface area contributed by atoms with Crippen molar-refractivity contribution in [3.05, 3.63) is 31.7 Å². The highest BCUT2D eigenvalue weighted by atomic mass is 79.9. The van der Waals surface area contributed by atoms with Gasteiger partial charge in [0.05, 0.1) is 9.90 Å². The van der Waals surface area contributed by atoms with Crippen molar-refractivity contribution in [3.8, 4) is 10.7 Å². The molecule has 0 amide bonds. The van der Waals surface area contributed by atoms with Crippen LogP contribution in [-0.2, 0) is 0 Å². The maximum absolute atomic E-state index is 5.82. The molecule has 2 nitrogen and oxygen atoms in total. The van der Waals surface area contributed by atoms with Crippen LogP contribution in [0.3, 0.4) is 0 Å². The molecule has 0 saturated carbocycles. The first kappa shape index (κ1) is 10.5. The van der Waals surface area contributed by atoms with Crippen molar-refractivity contribution in [1.82, 2.24) is 9.97 Å². The first-order chi connectivity index (χ1) is 6.65. The lowest BCUT2D eigenvalue weighted by atomic mass is 10.4. The minimum atomic E-state index is 0.670. The number of hydrogen-bond acceptors (Lipinski definition) is 3. The Kier molecular flexibility index (Phi) is 3.21. The lowest BCUT2D eigenvalue weighted by Gasteiger charge is -1.97. The van der Waals surface area contributed by atoms with Gasteiger partial charge in [0.15, 0.2) is 5.82 Å². The van der Waals surface area contributed by atoms with Crippen molar-refractivity contribution in [1.29, 1.82) is 0 Å². The van der Waals surface area contributed by atoms with Gasteiger partial charge >= 0.3 is 0 Å². The number of halogens is 3. The normalized spacial score (nSPS) is 10.5. The van der Waals surface area contributed by atoms with E-state index in [4.69, 9.17) is 11.6 Å². The standard InChI is InChI=1S/C8H3Br2ClN2S/c9-6-2-7(10)13-8(12-6)5-1-4(11)3-14-5/h1-3H. The molecule has 0 aromatic carbocycles. The molecule has 72 valence electrons. The van der Waals surface area contributed by atoms with Crippen LogP contribution >= 0.6 is 54.8 Å². The smallest absolute Gasteiger partial charge is 0.171 e. The molecule has 0 bridgehead atoms. The van der Waals surface area contributed by atoms with Crippen molar-refractivity contribution >= 4 is 54.8 Å². The number of thiophene rings is 1. The summed E-state index contributed by atoms with van der Waals surface area (Å²) in [6, 6.07) is 3.64. The van der Waals surface area contributed by atoms with Crippen LogP contribution in [0.5, 0.6) is 0 Å². The Morgan fingerprint density at radius 2 is 1.79 bits per heavy atom. The minimum absolute atomic E-state index is 0.670. The Morgan fingerprint density at radius 1 is 1.14 bits per heavy atom. The van der Waals surface area contributed by atoms with Crippen LogP contribution in [0.15, 0.2) is 26.7 Å². The lowest BCUT2D eigenvalue weighted by Crippen LogP contribution is -1.87. The summed E-state index contributed by atoms with van der Waals surface area (Å²) in [4.78, 5) is 9.45. The Labute approximate surface area is 107 Å². The van der Waals surface area contributed by atoms with E-state index in [0.29, 0.717) is 10.8 Å². The van der Waals surface area contributed by atoms with Crippen LogP contribution in [0.2, 0.25) is 5.02 Å². The Bertz CT molecular complexity index is 452. The third-order valence-corrected chi connectivity index (χ3v) is 3.54. The fourth-order valence-corrected chi connectivity index (χ4v) is 3.01. The largest absolute Gasteiger partial charge is 0.220 e. The zero-order chi connectivity index (χ0) is 10.1. The molecule has 14 heavy (non-hydrogen) atoms. The predicted octanol–water partition coefficient (Wildman–Crippen LogP) is 4.38. The Balaban J connectivity index is 2.51. The fourth-order valence-electron chi connectivity index (χ4n) is 0.931. The molecule has 0 spiro atoms. The van der Waals surface area contributed by atoms with Crippen LogP contribution < -0.4 is 0 Å². The monoisotopic (exact) mass is 352 g/mol. The average Bonchev–Trinajstić information content (AvgIpc) is 2.50. The lowest BCUT2D eigenvalue weighted by molar-refractivity contribution is 1.13. The quantitative estimate of drug-likeness (QED) is 0.710. The summed E-state index contributed by atoms with van der Waals surface area (Å²) < 4.78 is 1.50. The molecule has 0 fully saturated rings. The summed E-state index contributed by atoms with van der Waals surface area (Å²) in [7, 11) is 0. The first-order valence-electron chi connectivity index (χ1n) is 3.59. The van der Waals surface area contributed by atoms with E-state index in [1.165, 1.54) is 11.3 Å². The molecular weight excluding hydrogens is 351 g/mol. The van der Waals surface area contributed by atoms with Gasteiger partial charge in [-0.25, -0.2) is 9.97 Å². The van der Waals surface area contributed by atoms with Gasteiger partial charge in [0, 0.05) is 11.4 Å². The summed E-state index contributed by atoms with van der Waals surface area (Å²) >= 11 is 14.0. The van der Waals surface area contributed by atoms with E-state index in [-0.39, 0.29) is 0 Å². The predicted molar refractivity (Wildman–Crippen MR) is 65.8 cm³/mol. The summed E-state index contributed by atoms with van der Waals surface area (Å²) in [6.07, 6.45) is 0. The maximum atomic E-state index is 5.82. The van der Waals surface area contributed by atoms with Crippen molar-refractivity contribution in [2.75, 3.05) is 0 Å². The second kappa shape index (κ2) is 4.26. The van der Waals surface area contributed by atoms with E-state index in [9.17, 15) is 0 Å². The highest BCUT2D eigenvalue weighted by Gasteiger charge is 2.06. The number of aromatic nitrogens is 2. The molecule has 0 N–H and O–H groups in total. The molecule has 0 atom stereocenters. The fraction of sp³-hybridized carbons (Fsp3) is 0. The third kappa shape index (κ3) is 2.34. The third-order valence-electron chi connectivity index (χ3n) is 1.45. The van der Waals surface area contributed by atoms with Gasteiger partial charge in [-0.1, -0.05) is 11.6 Å². The van der Waals surface area contributed by atoms with E-state index in [1.54, 1.807) is 6.07 Å². The number of hydrogen-bond donors (Lipinski definition) is 0. The maximum Gasteiger partial charge on any atom is 0.171 e. The molecule has 0 radical (unpaired) electrons. The Hall–Kier alpha value is 0.0300. The van der Waals surface area contributed by atoms with Crippen molar-refractivity contribution in [3.63, 3.8) is 0 Å². The molecule has 0 saturated heterocycles. The summed E-state index contributed by atoms with van der Waals surface area (Å²) in [6.45, 7) is 0.